The van der Waals surface area contributed by atoms with Gasteiger partial charge in [0.2, 0.25) is 17.0 Å². The molecule has 6 nitrogen and oxygen atoms in total. The number of halogens is 35. The van der Waals surface area contributed by atoms with Crippen LogP contribution < -0.4 is 0 Å². The maximum Gasteiger partial charge on any atom is 0.384 e. The SMILES string of the molecule is CCCCCCCOCC(F)(F)C(F)(F)C(F)(F)C(F)(P)C(F)(F)C(F)(F)C(F)(F)C(F)(F)C(F)(F)C(F)(F)COCCC(CCOCC(F)(P)C(F)(F)C(F)(P)C(F)(F)C(F)(F)C(F)(F)C(F)(F)C(F)C(F)(F)C(F)(P)COCCCCCCC)OCCN(C)C. The average Bonchev–Trinajstić information content (AvgIpc) is 0.698. The van der Waals surface area contributed by atoms with Gasteiger partial charge in [0.1, 0.15) is 13.2 Å². The minimum atomic E-state index is -9.03. The Morgan fingerprint density at radius 3 is 1.00 bits per heavy atom. The molecule has 0 saturated heterocycles. The predicted octanol–water partition coefficient (Wildman–Crippen LogP) is 17.8. The Hall–Kier alpha value is -0.970. The van der Waals surface area contributed by atoms with E-state index in [9.17, 15) is 123 Å². The number of alkyl halides is 35. The molecule has 0 rings (SSSR count). The Bertz CT molecular complexity index is 2230. The molecule has 0 aliphatic heterocycles. The quantitative estimate of drug-likeness (QED) is 0.0344. The fraction of sp³-hybridized carbons (Fsp3) is 1.00. The van der Waals surface area contributed by atoms with Crippen molar-refractivity contribution in [2.75, 3.05) is 80.1 Å². The smallest absolute Gasteiger partial charge is 0.378 e. The molecular weight excluding hydrogens is 1450 g/mol. The predicted molar refractivity (Wildman–Crippen MR) is 272 cm³/mol. The van der Waals surface area contributed by atoms with Crippen LogP contribution in [-0.4, -0.2) is 208 Å². The van der Waals surface area contributed by atoms with Crippen molar-refractivity contribution < 1.29 is 177 Å². The monoisotopic (exact) mass is 1510 g/mol. The third-order valence-electron chi connectivity index (χ3n) is 13.7. The highest BCUT2D eigenvalue weighted by atomic mass is 31.0. The lowest BCUT2D eigenvalue weighted by atomic mass is 9.86. The molecule has 0 amide bonds. The topological polar surface area (TPSA) is 49.4 Å². The second-order valence-corrected chi connectivity index (χ2v) is 24.8. The van der Waals surface area contributed by atoms with Crippen molar-refractivity contribution in [3.8, 4) is 0 Å². The Balaban J connectivity index is 6.56. The number of likely N-dealkylation sites (N-methyl/N-ethyl adjacent to an activating group) is 1. The first-order chi connectivity index (χ1) is 40.8. The standard InChI is InChI=1S/C47H66F35NO5P4/c1-5-7-9-11-13-18-84-23-30(51,52)36(61,62)43(75,76)47(82,92)45(79,80)42(73,74)41(71,72)39(67,68)35(59,60)29(49,50)24-86-20-15-27(88-22-17-83(3)4)16-21-87-26-32(54,90)37(63,64)46(81,91)44(77,78)40(69,70)38(65,66)34(57,58)28(48)33(55,56)31(53,89)25-85-19-14-12-10-8-6-2/h27-28H,5-26,89-92H2,1-4H3. The molecule has 92 heavy (non-hydrogen) atoms. The van der Waals surface area contributed by atoms with E-state index >= 15 is 30.7 Å². The van der Waals surface area contributed by atoms with Gasteiger partial charge in [0, 0.05) is 33.0 Å². The molecule has 0 aliphatic rings. The van der Waals surface area contributed by atoms with E-state index in [1.807, 2.05) is 0 Å². The van der Waals surface area contributed by atoms with Gasteiger partial charge in [-0.15, -0.1) is 0 Å². The van der Waals surface area contributed by atoms with E-state index in [-0.39, 0.29) is 41.5 Å². The number of rotatable bonds is 48. The third-order valence-corrected chi connectivity index (χ3v) is 16.2. The first kappa shape index (κ1) is 91.0. The van der Waals surface area contributed by atoms with Crippen LogP contribution in [0.4, 0.5) is 154 Å². The Kier molecular flexibility index (Phi) is 31.8. The number of unbranched alkanes of at least 4 members (excludes halogenated alkanes) is 8. The zero-order valence-electron chi connectivity index (χ0n) is 48.2. The summed E-state index contributed by atoms with van der Waals surface area (Å²) >= 11 is 0. The lowest BCUT2D eigenvalue weighted by Gasteiger charge is -2.46. The van der Waals surface area contributed by atoms with Gasteiger partial charge in [-0.25, -0.2) is 22.0 Å². The minimum absolute atomic E-state index is 0.0666. The van der Waals surface area contributed by atoms with Gasteiger partial charge in [0.05, 0.1) is 25.9 Å². The first-order valence-corrected chi connectivity index (χ1v) is 28.9. The molecule has 0 heterocycles. The molecule has 0 radical (unpaired) electrons. The fourth-order valence-electron chi connectivity index (χ4n) is 7.41. The summed E-state index contributed by atoms with van der Waals surface area (Å²) in [7, 11) is 1.30. The molecule has 554 valence electrons. The molecule has 0 N–H and O–H groups in total. The van der Waals surface area contributed by atoms with Crippen LogP contribution in [0.15, 0.2) is 0 Å². The van der Waals surface area contributed by atoms with Crippen molar-refractivity contribution >= 4 is 37.0 Å². The van der Waals surface area contributed by atoms with Crippen LogP contribution in [0.3, 0.4) is 0 Å². The van der Waals surface area contributed by atoms with E-state index in [0.717, 1.165) is 0 Å². The normalized spacial score (nSPS) is 18.4. The van der Waals surface area contributed by atoms with Gasteiger partial charge in [0.15, 0.2) is 0 Å². The molecule has 0 spiro atoms. The number of nitrogens with zero attached hydrogens (tertiary/aromatic N) is 1. The van der Waals surface area contributed by atoms with E-state index < -0.39 is 214 Å². The van der Waals surface area contributed by atoms with E-state index in [1.165, 1.54) is 19.0 Å². The van der Waals surface area contributed by atoms with Crippen molar-refractivity contribution in [2.45, 2.75) is 214 Å². The average molecular weight is 1510 g/mol. The Labute approximate surface area is 512 Å². The number of ether oxygens (including phenoxy) is 5. The highest BCUT2D eigenvalue weighted by Crippen LogP contribution is 2.69. The van der Waals surface area contributed by atoms with Crippen molar-refractivity contribution in [1.82, 2.24) is 4.90 Å². The Morgan fingerprint density at radius 1 is 0.315 bits per heavy atom. The summed E-state index contributed by atoms with van der Waals surface area (Å²) in [6.45, 7) is -13.7. The van der Waals surface area contributed by atoms with Crippen molar-refractivity contribution in [3.05, 3.63) is 0 Å². The second kappa shape index (κ2) is 32.1. The van der Waals surface area contributed by atoms with Gasteiger partial charge >= 0.3 is 88.8 Å². The van der Waals surface area contributed by atoms with E-state index in [1.54, 1.807) is 13.8 Å². The van der Waals surface area contributed by atoms with Crippen LogP contribution in [0.25, 0.3) is 0 Å². The van der Waals surface area contributed by atoms with Gasteiger partial charge in [-0.2, -0.15) is 132 Å². The summed E-state index contributed by atoms with van der Waals surface area (Å²) in [5, 5.41) is -25.2. The summed E-state index contributed by atoms with van der Waals surface area (Å²) in [4.78, 5) is 1.23. The van der Waals surface area contributed by atoms with Crippen molar-refractivity contribution in [3.63, 3.8) is 0 Å². The van der Waals surface area contributed by atoms with Crippen LogP contribution in [0.1, 0.15) is 90.9 Å². The molecular formula is C47H66F35NO5P4. The molecule has 0 aromatic heterocycles. The molecule has 0 saturated carbocycles. The van der Waals surface area contributed by atoms with Gasteiger partial charge in [-0.3, -0.25) is 0 Å². The summed E-state index contributed by atoms with van der Waals surface area (Å²) in [6, 6.07) is 0. The summed E-state index contributed by atoms with van der Waals surface area (Å²) in [5.41, 5.74) is 0. The van der Waals surface area contributed by atoms with E-state index in [2.05, 4.69) is 18.9 Å². The third kappa shape index (κ3) is 17.8. The summed E-state index contributed by atoms with van der Waals surface area (Å²) in [6.07, 6.45) is -7.43. The first-order valence-electron chi connectivity index (χ1n) is 26.6. The van der Waals surface area contributed by atoms with Crippen LogP contribution in [0, 0.1) is 0 Å². The molecule has 0 aliphatic carbocycles. The van der Waals surface area contributed by atoms with E-state index in [0.29, 0.717) is 47.8 Å². The molecule has 45 heteroatoms. The maximum absolute atomic E-state index is 15.5. The zero-order chi connectivity index (χ0) is 73.3. The highest BCUT2D eigenvalue weighted by molar-refractivity contribution is 7.20. The summed E-state index contributed by atoms with van der Waals surface area (Å²) < 4.78 is 540. The fourth-order valence-corrected chi connectivity index (χ4v) is 8.95. The molecule has 0 fully saturated rings. The largest absolute Gasteiger partial charge is 0.384 e. The summed E-state index contributed by atoms with van der Waals surface area (Å²) in [5.74, 6) is -120. The molecule has 10 atom stereocenters. The maximum atomic E-state index is 15.5. The van der Waals surface area contributed by atoms with Crippen molar-refractivity contribution in [2.24, 2.45) is 0 Å². The van der Waals surface area contributed by atoms with Crippen LogP contribution in [0.2, 0.25) is 0 Å². The van der Waals surface area contributed by atoms with Gasteiger partial charge in [-0.1, -0.05) is 102 Å². The minimum Gasteiger partial charge on any atom is -0.378 e. The Morgan fingerprint density at radius 2 is 0.609 bits per heavy atom. The second-order valence-electron chi connectivity index (χ2n) is 21.4. The molecule has 0 bridgehead atoms. The highest BCUT2D eigenvalue weighted by Gasteiger charge is 2.96. The van der Waals surface area contributed by atoms with Crippen molar-refractivity contribution in [1.29, 1.82) is 0 Å². The van der Waals surface area contributed by atoms with Gasteiger partial charge in [0.25, 0.3) is 10.8 Å². The van der Waals surface area contributed by atoms with Crippen LogP contribution in [-0.2, 0) is 23.7 Å². The van der Waals surface area contributed by atoms with Gasteiger partial charge in [-0.05, 0) is 39.8 Å². The molecule has 0 aromatic rings. The van der Waals surface area contributed by atoms with E-state index in [4.69, 9.17) is 4.74 Å². The molecule has 0 aromatic carbocycles. The number of hydrogen-bond acceptors (Lipinski definition) is 6. The number of hydrogen-bond donors (Lipinski definition) is 0. The zero-order valence-corrected chi connectivity index (χ0v) is 52.9. The lowest BCUT2D eigenvalue weighted by molar-refractivity contribution is -0.444. The van der Waals surface area contributed by atoms with Gasteiger partial charge < -0.3 is 28.6 Å². The molecule has 10 unspecified atom stereocenters. The van der Waals surface area contributed by atoms with Crippen LogP contribution >= 0.6 is 37.0 Å². The lowest BCUT2D eigenvalue weighted by Crippen LogP contribution is -2.77. The van der Waals surface area contributed by atoms with Crippen LogP contribution in [0.5, 0.6) is 0 Å².